The Labute approximate surface area is 140 Å². The topological polar surface area (TPSA) is 120 Å². The van der Waals surface area contributed by atoms with Gasteiger partial charge in [0, 0.05) is 11.1 Å². The minimum absolute atomic E-state index is 0. The van der Waals surface area contributed by atoms with E-state index in [1.165, 1.54) is 0 Å². The Morgan fingerprint density at radius 2 is 1.24 bits per heavy atom. The Morgan fingerprint density at radius 1 is 0.765 bits per heavy atom. The van der Waals surface area contributed by atoms with E-state index >= 15 is 0 Å². The smallest absolute Gasteiger partial charge is 0.545 e. The number of benzene rings is 1. The largest absolute Gasteiger partial charge is 1.00 e. The van der Waals surface area contributed by atoms with Crippen molar-refractivity contribution in [2.24, 2.45) is 0 Å². The molecule has 0 saturated carbocycles. The van der Waals surface area contributed by atoms with Crippen LogP contribution in [0.25, 0.3) is 0 Å². The van der Waals surface area contributed by atoms with Crippen molar-refractivity contribution in [3.63, 3.8) is 0 Å². The van der Waals surface area contributed by atoms with Crippen LogP contribution in [0.1, 0.15) is 31.1 Å². The van der Waals surface area contributed by atoms with Gasteiger partial charge >= 0.3 is 59.1 Å². The molecule has 17 heavy (non-hydrogen) atoms. The number of aromatic carboxylic acids is 3. The van der Waals surface area contributed by atoms with Gasteiger partial charge in [-0.3, -0.25) is 0 Å². The van der Waals surface area contributed by atoms with Gasteiger partial charge in [0.15, 0.2) is 0 Å². The van der Waals surface area contributed by atoms with Gasteiger partial charge in [0.1, 0.15) is 0 Å². The summed E-state index contributed by atoms with van der Waals surface area (Å²) in [6, 6.07) is 2.37. The maximum Gasteiger partial charge on any atom is 1.00 e. The molecule has 0 aliphatic rings. The van der Waals surface area contributed by atoms with Crippen LogP contribution in [0.4, 0.5) is 0 Å². The number of carbonyl (C=O) groups is 3. The van der Waals surface area contributed by atoms with Gasteiger partial charge < -0.3 is 29.7 Å². The average molecular weight is 253 g/mol. The third kappa shape index (κ3) is 4.79. The molecule has 0 unspecified atom stereocenters. The van der Waals surface area contributed by atoms with Crippen LogP contribution in [0, 0.1) is 0 Å². The molecule has 0 amide bonds. The number of hydrogen-bond donors (Lipinski definition) is 0. The summed E-state index contributed by atoms with van der Waals surface area (Å²) in [6.07, 6.45) is 0. The zero-order valence-corrected chi connectivity index (χ0v) is 13.2. The summed E-state index contributed by atoms with van der Waals surface area (Å²) in [5.74, 6) is -5.13. The maximum absolute atomic E-state index is 10.5. The van der Waals surface area contributed by atoms with Gasteiger partial charge in [-0.1, -0.05) is 12.1 Å². The molecule has 0 fully saturated rings. The first-order valence-electron chi connectivity index (χ1n) is 3.71. The average Bonchev–Trinajstić information content (AvgIpc) is 2.16. The molecule has 0 spiro atoms. The molecule has 0 aromatic heterocycles. The van der Waals surface area contributed by atoms with Gasteiger partial charge in [-0.05, 0) is 11.6 Å². The number of hydrogen-bond acceptors (Lipinski definition) is 6. The van der Waals surface area contributed by atoms with Crippen LogP contribution >= 0.6 is 0 Å². The van der Waals surface area contributed by atoms with Crippen molar-refractivity contribution in [3.05, 3.63) is 34.9 Å². The van der Waals surface area contributed by atoms with Crippen LogP contribution in [0.15, 0.2) is 18.2 Å². The summed E-state index contributed by atoms with van der Waals surface area (Å²) in [6.45, 7) is 0. The molecule has 0 N–H and O–H groups in total. The van der Waals surface area contributed by atoms with Crippen molar-refractivity contribution >= 4 is 17.9 Å². The van der Waals surface area contributed by atoms with E-state index in [9.17, 15) is 29.7 Å². The van der Waals surface area contributed by atoms with Gasteiger partial charge in [0.25, 0.3) is 0 Å². The van der Waals surface area contributed by atoms with Crippen molar-refractivity contribution in [3.8, 4) is 0 Å². The van der Waals surface area contributed by atoms with E-state index in [0.29, 0.717) is 6.07 Å². The fourth-order valence-electron chi connectivity index (χ4n) is 1.02. The van der Waals surface area contributed by atoms with Crippen LogP contribution in [-0.2, 0) is 0 Å². The van der Waals surface area contributed by atoms with E-state index in [1.807, 2.05) is 0 Å². The summed E-state index contributed by atoms with van der Waals surface area (Å²) in [5.41, 5.74) is -1.84. The Balaban J connectivity index is 0. The Kier molecular flexibility index (Phi) is 8.78. The van der Waals surface area contributed by atoms with Gasteiger partial charge in [-0.25, -0.2) is 0 Å². The molecule has 0 atom stereocenters. The van der Waals surface area contributed by atoms with Gasteiger partial charge in [0.05, 0.1) is 17.9 Å². The summed E-state index contributed by atoms with van der Waals surface area (Å²) >= 11 is 0. The molecule has 8 heteroatoms. The summed E-state index contributed by atoms with van der Waals surface area (Å²) < 4.78 is 0. The SMILES string of the molecule is O=C([O-])c1ccc(C(=O)[O-])c(C(=O)[O-])c1.[Na+].[Na+]. The maximum atomic E-state index is 10.5. The number of carboxylic acid groups (broad SMARTS) is 3. The predicted molar refractivity (Wildman–Crippen MR) is 39.4 cm³/mol. The van der Waals surface area contributed by atoms with Crippen LogP contribution in [0.3, 0.4) is 0 Å². The molecule has 1 aromatic carbocycles. The van der Waals surface area contributed by atoms with E-state index in [0.717, 1.165) is 12.1 Å². The first-order valence-corrected chi connectivity index (χ1v) is 3.71. The van der Waals surface area contributed by atoms with Crippen molar-refractivity contribution in [1.82, 2.24) is 0 Å². The molecule has 0 bridgehead atoms. The number of rotatable bonds is 3. The summed E-state index contributed by atoms with van der Waals surface area (Å²) in [5, 5.41) is 31.3. The van der Waals surface area contributed by atoms with Crippen molar-refractivity contribution < 1.29 is 88.8 Å². The van der Waals surface area contributed by atoms with Crippen LogP contribution < -0.4 is 74.4 Å². The van der Waals surface area contributed by atoms with E-state index in [2.05, 4.69) is 0 Å². The number of carboxylic acids is 3. The minimum Gasteiger partial charge on any atom is -0.545 e. The Bertz CT molecular complexity index is 457. The molecule has 6 nitrogen and oxygen atoms in total. The van der Waals surface area contributed by atoms with E-state index < -0.39 is 34.6 Å². The molecule has 78 valence electrons. The fraction of sp³-hybridized carbons (Fsp3) is 0. The molecule has 1 rings (SSSR count). The molecule has 0 saturated heterocycles. The summed E-state index contributed by atoms with van der Waals surface area (Å²) in [7, 11) is 0. The first-order chi connectivity index (χ1) is 6.93. The van der Waals surface area contributed by atoms with E-state index in [1.54, 1.807) is 0 Å². The zero-order valence-electron chi connectivity index (χ0n) is 9.18. The van der Waals surface area contributed by atoms with Crippen molar-refractivity contribution in [2.45, 2.75) is 0 Å². The third-order valence-electron chi connectivity index (χ3n) is 1.70. The second-order valence-electron chi connectivity index (χ2n) is 2.62. The Hall–Kier alpha value is -0.370. The normalized spacial score (nSPS) is 8.47. The first kappa shape index (κ1) is 19.0. The fourth-order valence-corrected chi connectivity index (χ4v) is 1.02. The summed E-state index contributed by atoms with van der Waals surface area (Å²) in [4.78, 5) is 31.3. The zero-order chi connectivity index (χ0) is 11.6. The molecule has 0 heterocycles. The third-order valence-corrected chi connectivity index (χ3v) is 1.70. The van der Waals surface area contributed by atoms with Crippen molar-refractivity contribution in [2.75, 3.05) is 0 Å². The Morgan fingerprint density at radius 3 is 1.59 bits per heavy atom. The van der Waals surface area contributed by atoms with Crippen LogP contribution in [0.2, 0.25) is 0 Å². The molecular weight excluding hydrogens is 250 g/mol. The monoisotopic (exact) mass is 253 g/mol. The van der Waals surface area contributed by atoms with E-state index in [4.69, 9.17) is 0 Å². The second-order valence-corrected chi connectivity index (χ2v) is 2.62. The molecule has 0 radical (unpaired) electrons. The molecule has 0 aliphatic heterocycles. The van der Waals surface area contributed by atoms with Gasteiger partial charge in [0.2, 0.25) is 0 Å². The minimum atomic E-state index is -1.79. The van der Waals surface area contributed by atoms with Crippen molar-refractivity contribution in [1.29, 1.82) is 0 Å². The quantitative estimate of drug-likeness (QED) is 0.493. The second kappa shape index (κ2) is 7.86. The molecular formula is C9H3Na2O6-. The number of carbonyl (C=O) groups excluding carboxylic acids is 3. The van der Waals surface area contributed by atoms with Crippen LogP contribution in [-0.4, -0.2) is 17.9 Å². The standard InChI is InChI=1S/C9H6O6.2Na/c10-7(11)4-1-2-5(8(12)13)6(3-4)9(14)15;;/h1-3H,(H,10,11)(H,12,13)(H,14,15);;/q;2*+1/p-3. The predicted octanol–water partition coefficient (Wildman–Crippen LogP) is -9.21. The molecule has 1 aromatic rings. The van der Waals surface area contributed by atoms with Gasteiger partial charge in [-0.2, -0.15) is 0 Å². The van der Waals surface area contributed by atoms with Crippen LogP contribution in [0.5, 0.6) is 0 Å². The molecule has 0 aliphatic carbocycles. The van der Waals surface area contributed by atoms with Gasteiger partial charge in [-0.15, -0.1) is 0 Å². The van der Waals surface area contributed by atoms with E-state index in [-0.39, 0.29) is 59.1 Å².